The summed E-state index contributed by atoms with van der Waals surface area (Å²) in [4.78, 5) is 25.4. The van der Waals surface area contributed by atoms with Crippen LogP contribution in [0.3, 0.4) is 0 Å². The Morgan fingerprint density at radius 3 is 2.57 bits per heavy atom. The molecule has 30 heavy (non-hydrogen) atoms. The Kier molecular flexibility index (Phi) is 5.59. The minimum atomic E-state index is -0.125. The second-order valence-electron chi connectivity index (χ2n) is 7.65. The van der Waals surface area contributed by atoms with Gasteiger partial charge < -0.3 is 5.32 Å². The zero-order chi connectivity index (χ0) is 21.3. The number of amides is 1. The van der Waals surface area contributed by atoms with E-state index in [0.29, 0.717) is 22.9 Å². The number of nitrogens with one attached hydrogen (secondary N) is 1. The quantitative estimate of drug-likeness (QED) is 0.480. The number of fused-ring (bicyclic) bond motifs is 3. The topological polar surface area (TPSA) is 81.3 Å². The molecule has 2 aromatic carbocycles. The van der Waals surface area contributed by atoms with Crippen LogP contribution in [0.15, 0.2) is 58.5 Å². The molecule has 0 unspecified atom stereocenters. The maximum Gasteiger partial charge on any atom is 0.262 e. The summed E-state index contributed by atoms with van der Waals surface area (Å²) in [5, 5.41) is 12.6. The predicted molar refractivity (Wildman–Crippen MR) is 120 cm³/mol. The number of rotatable bonds is 6. The fourth-order valence-electron chi connectivity index (χ4n) is 3.32. The number of anilines is 1. The molecule has 0 aliphatic rings. The van der Waals surface area contributed by atoms with E-state index in [1.54, 1.807) is 4.57 Å². The van der Waals surface area contributed by atoms with Crippen LogP contribution in [0.5, 0.6) is 0 Å². The fraction of sp³-hybridized carbons (Fsp3) is 0.273. The highest BCUT2D eigenvalue weighted by Crippen LogP contribution is 2.22. The van der Waals surface area contributed by atoms with Crippen molar-refractivity contribution in [3.63, 3.8) is 0 Å². The van der Waals surface area contributed by atoms with Crippen LogP contribution in [0.2, 0.25) is 0 Å². The molecule has 7 nitrogen and oxygen atoms in total. The van der Waals surface area contributed by atoms with Crippen LogP contribution in [0.4, 0.5) is 5.69 Å². The molecule has 1 amide bonds. The first-order valence-corrected chi connectivity index (χ1v) is 10.8. The van der Waals surface area contributed by atoms with Gasteiger partial charge in [-0.15, -0.1) is 10.2 Å². The van der Waals surface area contributed by atoms with Gasteiger partial charge in [-0.3, -0.25) is 18.6 Å². The number of nitrogens with zero attached hydrogens (tertiary/aromatic N) is 4. The normalized spacial score (nSPS) is 11.5. The monoisotopic (exact) mass is 421 g/mol. The summed E-state index contributed by atoms with van der Waals surface area (Å²) in [5.41, 5.74) is 2.56. The SMILES string of the molecule is Cc1ccc(NC(=O)CSc2nnc3n(CC(C)C)c(=O)c4ccccc4n23)cc1. The average Bonchev–Trinajstić information content (AvgIpc) is 3.15. The second kappa shape index (κ2) is 8.31. The number of carbonyl (C=O) groups is 1. The van der Waals surface area contributed by atoms with Crippen LogP contribution in [0.1, 0.15) is 19.4 Å². The summed E-state index contributed by atoms with van der Waals surface area (Å²) < 4.78 is 3.53. The van der Waals surface area contributed by atoms with Crippen LogP contribution >= 0.6 is 11.8 Å². The van der Waals surface area contributed by atoms with E-state index < -0.39 is 0 Å². The van der Waals surface area contributed by atoms with E-state index in [1.165, 1.54) is 11.8 Å². The number of thioether (sulfide) groups is 1. The summed E-state index contributed by atoms with van der Waals surface area (Å²) in [6.07, 6.45) is 0. The highest BCUT2D eigenvalue weighted by molar-refractivity contribution is 7.99. The third kappa shape index (κ3) is 3.95. The number of para-hydroxylation sites is 1. The Bertz CT molecular complexity index is 1270. The molecule has 1 N–H and O–H groups in total. The molecule has 0 radical (unpaired) electrons. The summed E-state index contributed by atoms with van der Waals surface area (Å²) in [6.45, 7) is 6.66. The Morgan fingerprint density at radius 1 is 1.10 bits per heavy atom. The number of hydrogen-bond donors (Lipinski definition) is 1. The molecule has 0 aliphatic carbocycles. The van der Waals surface area contributed by atoms with Crippen LogP contribution in [-0.4, -0.2) is 30.8 Å². The lowest BCUT2D eigenvalue weighted by Gasteiger charge is -2.12. The predicted octanol–water partition coefficient (Wildman–Crippen LogP) is 3.74. The third-order valence-corrected chi connectivity index (χ3v) is 5.62. The highest BCUT2D eigenvalue weighted by Gasteiger charge is 2.18. The summed E-state index contributed by atoms with van der Waals surface area (Å²) >= 11 is 1.30. The van der Waals surface area contributed by atoms with Gasteiger partial charge in [-0.2, -0.15) is 0 Å². The van der Waals surface area contributed by atoms with Crippen molar-refractivity contribution in [2.24, 2.45) is 5.92 Å². The molecular weight excluding hydrogens is 398 g/mol. The minimum absolute atomic E-state index is 0.0761. The Balaban J connectivity index is 1.66. The first-order valence-electron chi connectivity index (χ1n) is 9.80. The van der Waals surface area contributed by atoms with Gasteiger partial charge in [-0.25, -0.2) is 0 Å². The number of benzene rings is 2. The second-order valence-corrected chi connectivity index (χ2v) is 8.59. The minimum Gasteiger partial charge on any atom is -0.325 e. The fourth-order valence-corrected chi connectivity index (χ4v) is 4.06. The van der Waals surface area contributed by atoms with E-state index in [9.17, 15) is 9.59 Å². The van der Waals surface area contributed by atoms with Gasteiger partial charge in [0.05, 0.1) is 16.7 Å². The van der Waals surface area contributed by atoms with Crippen molar-refractivity contribution in [2.75, 3.05) is 11.1 Å². The van der Waals surface area contributed by atoms with Crippen LogP contribution < -0.4 is 10.9 Å². The molecule has 0 spiro atoms. The molecule has 154 valence electrons. The zero-order valence-electron chi connectivity index (χ0n) is 17.1. The Hall–Kier alpha value is -3.13. The van der Waals surface area contributed by atoms with Gasteiger partial charge in [0.25, 0.3) is 5.56 Å². The molecule has 0 fully saturated rings. The molecule has 4 rings (SSSR count). The Labute approximate surface area is 178 Å². The van der Waals surface area contributed by atoms with Crippen molar-refractivity contribution in [3.05, 3.63) is 64.4 Å². The lowest BCUT2D eigenvalue weighted by atomic mass is 10.2. The van der Waals surface area contributed by atoms with Gasteiger partial charge in [-0.05, 0) is 37.1 Å². The third-order valence-electron chi connectivity index (χ3n) is 4.69. The number of aromatic nitrogens is 4. The van der Waals surface area contributed by atoms with Crippen molar-refractivity contribution >= 4 is 40.0 Å². The molecule has 0 saturated carbocycles. The first kappa shape index (κ1) is 20.2. The van der Waals surface area contributed by atoms with Crippen molar-refractivity contribution < 1.29 is 4.79 Å². The number of hydrogen-bond acceptors (Lipinski definition) is 5. The molecule has 0 aliphatic heterocycles. The standard InChI is InChI=1S/C22H23N5O2S/c1-14(2)12-26-20(29)17-6-4-5-7-18(17)27-21(26)24-25-22(27)30-13-19(28)23-16-10-8-15(3)9-11-16/h4-11,14H,12-13H2,1-3H3,(H,23,28). The van der Waals surface area contributed by atoms with Gasteiger partial charge in [0.1, 0.15) is 0 Å². The molecule has 0 bridgehead atoms. The molecule has 2 aromatic heterocycles. The van der Waals surface area contributed by atoms with Gasteiger partial charge >= 0.3 is 0 Å². The van der Waals surface area contributed by atoms with Crippen molar-refractivity contribution in [2.45, 2.75) is 32.5 Å². The number of carbonyl (C=O) groups excluding carboxylic acids is 1. The van der Waals surface area contributed by atoms with E-state index >= 15 is 0 Å². The van der Waals surface area contributed by atoms with E-state index in [-0.39, 0.29) is 23.1 Å². The summed E-state index contributed by atoms with van der Waals surface area (Å²) in [5.74, 6) is 0.835. The molecule has 0 atom stereocenters. The van der Waals surface area contributed by atoms with Gasteiger partial charge in [0, 0.05) is 12.2 Å². The maximum absolute atomic E-state index is 13.0. The van der Waals surface area contributed by atoms with Gasteiger partial charge in [0.2, 0.25) is 11.7 Å². The van der Waals surface area contributed by atoms with Crippen molar-refractivity contribution in [1.29, 1.82) is 0 Å². The lowest BCUT2D eigenvalue weighted by Crippen LogP contribution is -2.25. The molecule has 2 heterocycles. The Morgan fingerprint density at radius 2 is 1.83 bits per heavy atom. The zero-order valence-corrected chi connectivity index (χ0v) is 17.9. The highest BCUT2D eigenvalue weighted by atomic mass is 32.2. The molecule has 4 aromatic rings. The smallest absolute Gasteiger partial charge is 0.262 e. The van der Waals surface area contributed by atoms with Crippen molar-refractivity contribution in [1.82, 2.24) is 19.2 Å². The largest absolute Gasteiger partial charge is 0.325 e. The molecule has 0 saturated heterocycles. The number of aryl methyl sites for hydroxylation is 1. The molecular formula is C22H23N5O2S. The van der Waals surface area contributed by atoms with E-state index in [2.05, 4.69) is 29.4 Å². The molecule has 8 heteroatoms. The first-order chi connectivity index (χ1) is 14.4. The summed E-state index contributed by atoms with van der Waals surface area (Å²) in [7, 11) is 0. The van der Waals surface area contributed by atoms with Crippen LogP contribution in [-0.2, 0) is 11.3 Å². The van der Waals surface area contributed by atoms with Crippen LogP contribution in [0.25, 0.3) is 16.7 Å². The van der Waals surface area contributed by atoms with Crippen LogP contribution in [0, 0.1) is 12.8 Å². The van der Waals surface area contributed by atoms with Gasteiger partial charge in [0.15, 0.2) is 5.16 Å². The van der Waals surface area contributed by atoms with E-state index in [4.69, 9.17) is 0 Å². The van der Waals surface area contributed by atoms with Crippen molar-refractivity contribution in [3.8, 4) is 0 Å². The van der Waals surface area contributed by atoms with E-state index in [1.807, 2.05) is 59.9 Å². The summed E-state index contributed by atoms with van der Waals surface area (Å²) in [6, 6.07) is 15.1. The average molecular weight is 422 g/mol. The maximum atomic E-state index is 13.0. The lowest BCUT2D eigenvalue weighted by molar-refractivity contribution is -0.113. The van der Waals surface area contributed by atoms with Gasteiger partial charge in [-0.1, -0.05) is 55.4 Å². The van der Waals surface area contributed by atoms with E-state index in [0.717, 1.165) is 16.8 Å².